The van der Waals surface area contributed by atoms with Crippen LogP contribution in [0.2, 0.25) is 0 Å². The summed E-state index contributed by atoms with van der Waals surface area (Å²) in [6, 6.07) is 0.941. The predicted molar refractivity (Wildman–Crippen MR) is 121 cm³/mol. The Morgan fingerprint density at radius 1 is 1.05 bits per heavy atom. The largest absolute Gasteiger partial charge is 0.408 e. The van der Waals surface area contributed by atoms with Gasteiger partial charge in [0.25, 0.3) is 5.91 Å². The fourth-order valence-electron chi connectivity index (χ4n) is 4.54. The lowest BCUT2D eigenvalue weighted by molar-refractivity contribution is -0.158. The minimum atomic E-state index is -4.79. The molecule has 1 unspecified atom stereocenters. The lowest BCUT2D eigenvalue weighted by atomic mass is 10.1. The SMILES string of the molecule is O=C(NC(C1CC1)C(F)(F)F)c1cn(-c2c(F)cc(F)cc2F)c2nc(N3C[C@@H](O)[C@H](O)C3)ccc2c1=O. The molecule has 2 aliphatic rings. The Kier molecular flexibility index (Phi) is 6.34. The van der Waals surface area contributed by atoms with Crippen molar-refractivity contribution in [3.8, 4) is 5.69 Å². The molecule has 1 amide bonds. The standard InChI is InChI=1S/C24H20F6N4O4/c25-11-5-14(26)19(15(27)6-11)34-7-13(23(38)32-21(10-1-2-10)24(28,29)30)20(37)12-3-4-18(31-22(12)34)33-8-16(35)17(36)9-33/h3-7,10,16-17,21,35-36H,1-2,8-9H2,(H,32,38)/t16-,17-,21?/m1/s1. The average Bonchev–Trinajstić information content (AvgIpc) is 3.61. The third-order valence-corrected chi connectivity index (χ3v) is 6.62. The molecule has 0 radical (unpaired) electrons. The first-order valence-electron chi connectivity index (χ1n) is 11.5. The highest BCUT2D eigenvalue weighted by molar-refractivity contribution is 5.97. The highest BCUT2D eigenvalue weighted by atomic mass is 19.4. The van der Waals surface area contributed by atoms with Crippen LogP contribution in [0.15, 0.2) is 35.3 Å². The zero-order valence-electron chi connectivity index (χ0n) is 19.3. The highest BCUT2D eigenvalue weighted by Crippen LogP contribution is 2.40. The first kappa shape index (κ1) is 26.0. The van der Waals surface area contributed by atoms with Crippen LogP contribution < -0.4 is 15.6 Å². The fourth-order valence-corrected chi connectivity index (χ4v) is 4.54. The molecular formula is C24H20F6N4O4. The number of anilines is 1. The van der Waals surface area contributed by atoms with E-state index in [9.17, 15) is 46.1 Å². The molecule has 1 aliphatic carbocycles. The number of carbonyl (C=O) groups is 1. The van der Waals surface area contributed by atoms with Crippen molar-refractivity contribution in [2.45, 2.75) is 37.3 Å². The Hall–Kier alpha value is -3.65. The van der Waals surface area contributed by atoms with Crippen LogP contribution in [-0.4, -0.2) is 63.2 Å². The normalized spacial score (nSPS) is 20.7. The summed E-state index contributed by atoms with van der Waals surface area (Å²) in [7, 11) is 0. The zero-order valence-corrected chi connectivity index (χ0v) is 19.3. The van der Waals surface area contributed by atoms with Gasteiger partial charge in [-0.15, -0.1) is 0 Å². The quantitative estimate of drug-likeness (QED) is 0.428. The van der Waals surface area contributed by atoms with Gasteiger partial charge in [0, 0.05) is 31.4 Å². The van der Waals surface area contributed by atoms with Crippen LogP contribution in [0.4, 0.5) is 32.2 Å². The summed E-state index contributed by atoms with van der Waals surface area (Å²) in [5.74, 6) is -6.28. The van der Waals surface area contributed by atoms with Crippen LogP contribution in [0.5, 0.6) is 0 Å². The van der Waals surface area contributed by atoms with Gasteiger partial charge in [0.05, 0.1) is 17.6 Å². The van der Waals surface area contributed by atoms with Crippen LogP contribution >= 0.6 is 0 Å². The summed E-state index contributed by atoms with van der Waals surface area (Å²) < 4.78 is 84.4. The van der Waals surface area contributed by atoms with Gasteiger partial charge in [-0.05, 0) is 30.9 Å². The molecule has 1 saturated heterocycles. The zero-order chi connectivity index (χ0) is 27.5. The Bertz CT molecular complexity index is 1460. The Morgan fingerprint density at radius 2 is 1.66 bits per heavy atom. The number of benzene rings is 1. The van der Waals surface area contributed by atoms with Gasteiger partial charge in [-0.3, -0.25) is 14.2 Å². The van der Waals surface area contributed by atoms with Gasteiger partial charge in [-0.1, -0.05) is 0 Å². The van der Waals surface area contributed by atoms with Gasteiger partial charge >= 0.3 is 6.18 Å². The van der Waals surface area contributed by atoms with E-state index in [4.69, 9.17) is 0 Å². The topological polar surface area (TPSA) is 108 Å². The number of amides is 1. The van der Waals surface area contributed by atoms with Gasteiger partial charge in [0.15, 0.2) is 17.3 Å². The second-order valence-corrected chi connectivity index (χ2v) is 9.37. The summed E-state index contributed by atoms with van der Waals surface area (Å²) in [4.78, 5) is 31.8. The van der Waals surface area contributed by atoms with E-state index < -0.39 is 70.4 Å². The number of hydrogen-bond donors (Lipinski definition) is 3. The van der Waals surface area contributed by atoms with E-state index in [2.05, 4.69) is 4.98 Å². The molecule has 1 aromatic carbocycles. The molecule has 3 N–H and O–H groups in total. The van der Waals surface area contributed by atoms with Crippen molar-refractivity contribution >= 4 is 22.8 Å². The van der Waals surface area contributed by atoms with Crippen LogP contribution in [0.1, 0.15) is 23.2 Å². The molecule has 38 heavy (non-hydrogen) atoms. The third kappa shape index (κ3) is 4.69. The maximum absolute atomic E-state index is 14.8. The van der Waals surface area contributed by atoms with Crippen LogP contribution in [-0.2, 0) is 0 Å². The number of carbonyl (C=O) groups excluding carboxylic acids is 1. The average molecular weight is 542 g/mol. The Labute approximate surface area is 210 Å². The number of aliphatic hydroxyl groups is 2. The number of aromatic nitrogens is 2. The number of aliphatic hydroxyl groups excluding tert-OH is 2. The first-order valence-corrected chi connectivity index (χ1v) is 11.5. The predicted octanol–water partition coefficient (Wildman–Crippen LogP) is 2.42. The summed E-state index contributed by atoms with van der Waals surface area (Å²) >= 11 is 0. The molecule has 2 aromatic heterocycles. The molecular weight excluding hydrogens is 522 g/mol. The minimum Gasteiger partial charge on any atom is -0.389 e. The second kappa shape index (κ2) is 9.27. The Morgan fingerprint density at radius 3 is 2.21 bits per heavy atom. The fraction of sp³-hybridized carbons (Fsp3) is 0.375. The number of alkyl halides is 3. The number of nitrogens with one attached hydrogen (secondary N) is 1. The molecule has 1 saturated carbocycles. The molecule has 202 valence electrons. The monoisotopic (exact) mass is 542 g/mol. The summed E-state index contributed by atoms with van der Waals surface area (Å²) in [6.07, 6.45) is -5.90. The van der Waals surface area contributed by atoms with E-state index in [0.29, 0.717) is 22.9 Å². The van der Waals surface area contributed by atoms with Gasteiger partial charge < -0.3 is 20.4 Å². The lowest BCUT2D eigenvalue weighted by Gasteiger charge is -2.22. The number of halogens is 6. The first-order chi connectivity index (χ1) is 17.8. The van der Waals surface area contributed by atoms with Gasteiger partial charge in [0.1, 0.15) is 28.9 Å². The molecule has 0 spiro atoms. The number of fused-ring (bicyclic) bond motifs is 1. The molecule has 2 fully saturated rings. The summed E-state index contributed by atoms with van der Waals surface area (Å²) in [5.41, 5.74) is -3.20. The van der Waals surface area contributed by atoms with Crippen molar-refractivity contribution in [3.63, 3.8) is 0 Å². The van der Waals surface area contributed by atoms with Crippen LogP contribution in [0.3, 0.4) is 0 Å². The van der Waals surface area contributed by atoms with Crippen molar-refractivity contribution in [2.24, 2.45) is 5.92 Å². The van der Waals surface area contributed by atoms with Crippen molar-refractivity contribution in [1.82, 2.24) is 14.9 Å². The van der Waals surface area contributed by atoms with Gasteiger partial charge in [-0.2, -0.15) is 13.2 Å². The molecule has 3 heterocycles. The van der Waals surface area contributed by atoms with E-state index in [1.165, 1.54) is 11.0 Å². The van der Waals surface area contributed by atoms with Crippen molar-refractivity contribution in [2.75, 3.05) is 18.0 Å². The second-order valence-electron chi connectivity index (χ2n) is 9.37. The van der Waals surface area contributed by atoms with Crippen LogP contribution in [0, 0.1) is 23.4 Å². The minimum absolute atomic E-state index is 0.0519. The molecule has 1 aliphatic heterocycles. The van der Waals surface area contributed by atoms with Crippen molar-refractivity contribution < 1.29 is 41.4 Å². The van der Waals surface area contributed by atoms with E-state index in [1.54, 1.807) is 0 Å². The van der Waals surface area contributed by atoms with Crippen LogP contribution in [0.25, 0.3) is 16.7 Å². The molecule has 3 atom stereocenters. The number of rotatable bonds is 5. The summed E-state index contributed by atoms with van der Waals surface area (Å²) in [5, 5.41) is 21.2. The smallest absolute Gasteiger partial charge is 0.389 e. The molecule has 3 aromatic rings. The maximum Gasteiger partial charge on any atom is 0.408 e. The van der Waals surface area contributed by atoms with Gasteiger partial charge in [-0.25, -0.2) is 18.2 Å². The number of β-amino-alcohol motifs (C(OH)–C–C–N with tert-alkyl or cyclic N) is 2. The molecule has 5 rings (SSSR count). The molecule has 0 bridgehead atoms. The lowest BCUT2D eigenvalue weighted by Crippen LogP contribution is -2.48. The number of pyridine rings is 2. The number of nitrogens with zero attached hydrogens (tertiary/aromatic N) is 3. The molecule has 8 nitrogen and oxygen atoms in total. The molecule has 14 heteroatoms. The van der Waals surface area contributed by atoms with E-state index in [1.807, 2.05) is 5.32 Å². The van der Waals surface area contributed by atoms with Crippen molar-refractivity contribution in [3.05, 3.63) is 63.7 Å². The third-order valence-electron chi connectivity index (χ3n) is 6.62. The Balaban J connectivity index is 1.68. The summed E-state index contributed by atoms with van der Waals surface area (Å²) in [6.45, 7) is -0.104. The van der Waals surface area contributed by atoms with E-state index in [0.717, 1.165) is 6.07 Å². The number of hydrogen-bond acceptors (Lipinski definition) is 6. The van der Waals surface area contributed by atoms with E-state index >= 15 is 0 Å². The maximum atomic E-state index is 14.8. The van der Waals surface area contributed by atoms with E-state index in [-0.39, 0.29) is 42.8 Å². The van der Waals surface area contributed by atoms with Gasteiger partial charge in [0.2, 0.25) is 5.43 Å². The van der Waals surface area contributed by atoms with Crippen molar-refractivity contribution in [1.29, 1.82) is 0 Å². The highest BCUT2D eigenvalue weighted by Gasteiger charge is 2.50.